The lowest BCUT2D eigenvalue weighted by molar-refractivity contribution is -0.138. The summed E-state index contributed by atoms with van der Waals surface area (Å²) in [6.45, 7) is 4.34. The minimum absolute atomic E-state index is 0.00244. The number of benzene rings is 2. The highest BCUT2D eigenvalue weighted by Gasteiger charge is 2.29. The van der Waals surface area contributed by atoms with Crippen molar-refractivity contribution in [1.82, 2.24) is 10.6 Å². The van der Waals surface area contributed by atoms with Crippen molar-refractivity contribution >= 4 is 18.0 Å². The van der Waals surface area contributed by atoms with Gasteiger partial charge in [-0.05, 0) is 34.6 Å². The fraction of sp³-hybridized carbons (Fsp3) is 0.444. The monoisotopic (exact) mass is 466 g/mol. The second kappa shape index (κ2) is 12.2. The summed E-state index contributed by atoms with van der Waals surface area (Å²) in [6.07, 6.45) is 2.08. The highest BCUT2D eigenvalue weighted by atomic mass is 16.5. The molecule has 7 nitrogen and oxygen atoms in total. The summed E-state index contributed by atoms with van der Waals surface area (Å²) in [7, 11) is 0. The van der Waals surface area contributed by atoms with Crippen LogP contribution in [-0.2, 0) is 14.3 Å². The molecule has 3 rings (SSSR count). The lowest BCUT2D eigenvalue weighted by atomic mass is 9.98. The normalized spacial score (nSPS) is 13.9. The maximum Gasteiger partial charge on any atom is 0.407 e. The number of carboxylic acid groups (broad SMARTS) is 1. The Kier molecular flexibility index (Phi) is 9.08. The van der Waals surface area contributed by atoms with E-state index in [2.05, 4.69) is 41.8 Å². The van der Waals surface area contributed by atoms with Gasteiger partial charge in [0, 0.05) is 31.3 Å². The van der Waals surface area contributed by atoms with Crippen LogP contribution in [0.4, 0.5) is 4.79 Å². The molecular weight excluding hydrogens is 432 g/mol. The molecular formula is C27H34N2O5. The van der Waals surface area contributed by atoms with Crippen LogP contribution in [-0.4, -0.2) is 42.3 Å². The van der Waals surface area contributed by atoms with Gasteiger partial charge in [0.1, 0.15) is 6.61 Å². The van der Waals surface area contributed by atoms with Gasteiger partial charge in [-0.1, -0.05) is 75.2 Å². The van der Waals surface area contributed by atoms with Gasteiger partial charge in [-0.15, -0.1) is 0 Å². The topological polar surface area (TPSA) is 105 Å². The van der Waals surface area contributed by atoms with Gasteiger partial charge in [0.25, 0.3) is 0 Å². The van der Waals surface area contributed by atoms with Crippen LogP contribution in [0.2, 0.25) is 0 Å². The molecule has 3 N–H and O–H groups in total. The predicted octanol–water partition coefficient (Wildman–Crippen LogP) is 4.70. The average Bonchev–Trinajstić information content (AvgIpc) is 3.13. The van der Waals surface area contributed by atoms with Crippen LogP contribution in [0.1, 0.15) is 63.0 Å². The number of hydrogen-bond acceptors (Lipinski definition) is 4. The number of hydrogen-bond donors (Lipinski definition) is 3. The quantitative estimate of drug-likeness (QED) is 0.421. The number of fused-ring (bicyclic) bond motifs is 3. The van der Waals surface area contributed by atoms with Crippen molar-refractivity contribution in [3.05, 3.63) is 59.7 Å². The van der Waals surface area contributed by atoms with Crippen LogP contribution in [0.15, 0.2) is 48.5 Å². The van der Waals surface area contributed by atoms with Crippen molar-refractivity contribution in [2.75, 3.05) is 13.2 Å². The number of carboxylic acids is 1. The molecule has 1 aliphatic carbocycles. The first-order chi connectivity index (χ1) is 16.4. The van der Waals surface area contributed by atoms with E-state index in [1.807, 2.05) is 24.3 Å². The van der Waals surface area contributed by atoms with Crippen molar-refractivity contribution in [2.24, 2.45) is 5.92 Å². The van der Waals surface area contributed by atoms with Gasteiger partial charge in [0.2, 0.25) is 5.91 Å². The lowest BCUT2D eigenvalue weighted by Gasteiger charge is -2.20. The molecule has 0 fully saturated rings. The summed E-state index contributed by atoms with van der Waals surface area (Å²) in [5, 5.41) is 14.5. The number of nitrogens with one attached hydrogen (secondary N) is 2. The van der Waals surface area contributed by atoms with E-state index >= 15 is 0 Å². The van der Waals surface area contributed by atoms with Gasteiger partial charge in [-0.25, -0.2) is 4.79 Å². The minimum atomic E-state index is -0.889. The van der Waals surface area contributed by atoms with Crippen molar-refractivity contribution in [3.63, 3.8) is 0 Å². The van der Waals surface area contributed by atoms with Crippen LogP contribution in [0.5, 0.6) is 0 Å². The Morgan fingerprint density at radius 3 is 2.21 bits per heavy atom. The third kappa shape index (κ3) is 6.83. The SMILES string of the molecule is CCCC[C@H](CC(=O)NCC(C)CC(=O)O)NC(=O)OCC1c2ccccc2-c2ccccc21. The second-order valence-electron chi connectivity index (χ2n) is 9.02. The zero-order valence-corrected chi connectivity index (χ0v) is 19.9. The molecule has 1 aliphatic rings. The molecule has 0 spiro atoms. The maximum atomic E-state index is 12.6. The van der Waals surface area contributed by atoms with E-state index in [9.17, 15) is 14.4 Å². The Bertz CT molecular complexity index is 961. The zero-order valence-electron chi connectivity index (χ0n) is 19.9. The number of aliphatic carboxylic acids is 1. The smallest absolute Gasteiger partial charge is 0.407 e. The van der Waals surface area contributed by atoms with Crippen LogP contribution >= 0.6 is 0 Å². The van der Waals surface area contributed by atoms with E-state index in [0.717, 1.165) is 24.0 Å². The fourth-order valence-electron chi connectivity index (χ4n) is 4.44. The summed E-state index contributed by atoms with van der Waals surface area (Å²) >= 11 is 0. The molecule has 0 saturated carbocycles. The standard InChI is InChI=1S/C27H34N2O5/c1-3-4-9-19(15-25(30)28-16-18(2)14-26(31)32)29-27(33)34-17-24-22-12-7-5-10-20(22)21-11-6-8-13-23(21)24/h5-8,10-13,18-19,24H,3-4,9,14-17H2,1-2H3,(H,28,30)(H,29,33)(H,31,32)/t18?,19-/m1/s1. The van der Waals surface area contributed by atoms with E-state index in [1.54, 1.807) is 6.92 Å². The molecule has 2 atom stereocenters. The largest absolute Gasteiger partial charge is 0.481 e. The molecule has 0 bridgehead atoms. The first-order valence-corrected chi connectivity index (χ1v) is 12.0. The minimum Gasteiger partial charge on any atom is -0.481 e. The van der Waals surface area contributed by atoms with Gasteiger partial charge in [-0.2, -0.15) is 0 Å². The van der Waals surface area contributed by atoms with Crippen LogP contribution in [0, 0.1) is 5.92 Å². The van der Waals surface area contributed by atoms with Gasteiger partial charge < -0.3 is 20.5 Å². The zero-order chi connectivity index (χ0) is 24.5. The summed E-state index contributed by atoms with van der Waals surface area (Å²) in [5.74, 6) is -1.28. The highest BCUT2D eigenvalue weighted by Crippen LogP contribution is 2.44. The Morgan fingerprint density at radius 1 is 1.00 bits per heavy atom. The van der Waals surface area contributed by atoms with Gasteiger partial charge in [0.15, 0.2) is 0 Å². The first-order valence-electron chi connectivity index (χ1n) is 12.0. The molecule has 34 heavy (non-hydrogen) atoms. The summed E-state index contributed by atoms with van der Waals surface area (Å²) < 4.78 is 5.63. The molecule has 182 valence electrons. The number of amides is 2. The third-order valence-corrected chi connectivity index (χ3v) is 6.17. The summed E-state index contributed by atoms with van der Waals surface area (Å²) in [6, 6.07) is 16.0. The predicted molar refractivity (Wildman–Crippen MR) is 131 cm³/mol. The number of carbonyl (C=O) groups is 3. The molecule has 2 aromatic rings. The molecule has 7 heteroatoms. The molecule has 0 aliphatic heterocycles. The van der Waals surface area contributed by atoms with Crippen LogP contribution in [0.3, 0.4) is 0 Å². The van der Waals surface area contributed by atoms with Crippen molar-refractivity contribution < 1.29 is 24.2 Å². The summed E-state index contributed by atoms with van der Waals surface area (Å²) in [5.41, 5.74) is 4.63. The lowest BCUT2D eigenvalue weighted by Crippen LogP contribution is -2.40. The third-order valence-electron chi connectivity index (χ3n) is 6.17. The number of unbranched alkanes of at least 4 members (excludes halogenated alkanes) is 1. The number of alkyl carbamates (subject to hydrolysis) is 1. The Morgan fingerprint density at radius 2 is 1.62 bits per heavy atom. The number of carbonyl (C=O) groups excluding carboxylic acids is 2. The first kappa shape index (κ1) is 25.3. The van der Waals surface area contributed by atoms with Crippen molar-refractivity contribution in [3.8, 4) is 11.1 Å². The van der Waals surface area contributed by atoms with E-state index in [-0.39, 0.29) is 49.8 Å². The van der Waals surface area contributed by atoms with E-state index in [1.165, 1.54) is 11.1 Å². The van der Waals surface area contributed by atoms with Gasteiger partial charge >= 0.3 is 12.1 Å². The van der Waals surface area contributed by atoms with E-state index < -0.39 is 12.1 Å². The molecule has 0 radical (unpaired) electrons. The fourth-order valence-corrected chi connectivity index (χ4v) is 4.44. The van der Waals surface area contributed by atoms with Crippen LogP contribution < -0.4 is 10.6 Å². The number of ether oxygens (including phenoxy) is 1. The Labute approximate surface area is 200 Å². The average molecular weight is 467 g/mol. The maximum absolute atomic E-state index is 12.6. The molecule has 0 heterocycles. The van der Waals surface area contributed by atoms with Gasteiger partial charge in [-0.3, -0.25) is 9.59 Å². The highest BCUT2D eigenvalue weighted by molar-refractivity contribution is 5.79. The van der Waals surface area contributed by atoms with E-state index in [0.29, 0.717) is 6.42 Å². The second-order valence-corrected chi connectivity index (χ2v) is 9.02. The molecule has 0 aromatic heterocycles. The molecule has 2 amide bonds. The summed E-state index contributed by atoms with van der Waals surface area (Å²) in [4.78, 5) is 35.8. The molecule has 2 aromatic carbocycles. The van der Waals surface area contributed by atoms with Crippen molar-refractivity contribution in [1.29, 1.82) is 0 Å². The molecule has 0 saturated heterocycles. The number of rotatable bonds is 12. The van der Waals surface area contributed by atoms with E-state index in [4.69, 9.17) is 9.84 Å². The van der Waals surface area contributed by atoms with Crippen molar-refractivity contribution in [2.45, 2.75) is 57.9 Å². The Hall–Kier alpha value is -3.35. The Balaban J connectivity index is 1.55. The molecule has 1 unspecified atom stereocenters. The van der Waals surface area contributed by atoms with Crippen LogP contribution in [0.25, 0.3) is 11.1 Å². The van der Waals surface area contributed by atoms with Gasteiger partial charge in [0.05, 0.1) is 0 Å².